The summed E-state index contributed by atoms with van der Waals surface area (Å²) in [6, 6.07) is 5.71. The van der Waals surface area contributed by atoms with E-state index in [-0.39, 0.29) is 19.1 Å². The Morgan fingerprint density at radius 3 is 3.13 bits per heavy atom. The van der Waals surface area contributed by atoms with Gasteiger partial charge in [-0.05, 0) is 37.8 Å². The van der Waals surface area contributed by atoms with Crippen molar-refractivity contribution < 1.29 is 18.5 Å². The fourth-order valence-electron chi connectivity index (χ4n) is 2.99. The van der Waals surface area contributed by atoms with Gasteiger partial charge in [0.2, 0.25) is 11.7 Å². The van der Waals surface area contributed by atoms with Crippen molar-refractivity contribution in [3.63, 3.8) is 0 Å². The number of aromatic nitrogens is 1. The van der Waals surface area contributed by atoms with Gasteiger partial charge in [-0.3, -0.25) is 4.79 Å². The summed E-state index contributed by atoms with van der Waals surface area (Å²) >= 11 is 0. The Balaban J connectivity index is 1.48. The van der Waals surface area contributed by atoms with Gasteiger partial charge in [0.15, 0.2) is 5.76 Å². The number of piperidine rings is 1. The molecule has 3 heterocycles. The first kappa shape index (κ1) is 15.8. The largest absolute Gasteiger partial charge is 0.461 e. The molecule has 3 rings (SSSR count). The van der Waals surface area contributed by atoms with E-state index in [1.165, 1.54) is 6.42 Å². The molecule has 0 N–H and O–H groups in total. The van der Waals surface area contributed by atoms with Gasteiger partial charge in [-0.2, -0.15) is 0 Å². The molecule has 1 saturated heterocycles. The number of hydrogen-bond donors (Lipinski definition) is 0. The predicted octanol–water partition coefficient (Wildman–Crippen LogP) is 3.24. The SMILES string of the molecule is CC[C@@H]1CCCCN1C(=O)COCc1cc(-c2ccco2)on1. The standard InChI is InChI=1S/C17H22N2O4/c1-2-14-6-3-4-8-19(14)17(20)12-21-11-13-10-16(23-18-13)15-7-5-9-22-15/h5,7,9-10,14H,2-4,6,8,11-12H2,1H3/t14-/m1/s1. The summed E-state index contributed by atoms with van der Waals surface area (Å²) in [5.41, 5.74) is 0.648. The van der Waals surface area contributed by atoms with Crippen LogP contribution in [0, 0.1) is 0 Å². The first-order chi connectivity index (χ1) is 11.3. The van der Waals surface area contributed by atoms with Gasteiger partial charge in [0, 0.05) is 18.7 Å². The topological polar surface area (TPSA) is 68.7 Å². The van der Waals surface area contributed by atoms with E-state index in [0.717, 1.165) is 25.8 Å². The second kappa shape index (κ2) is 7.46. The van der Waals surface area contributed by atoms with Gasteiger partial charge in [0.1, 0.15) is 12.3 Å². The number of ether oxygens (including phenoxy) is 1. The Morgan fingerprint density at radius 2 is 2.35 bits per heavy atom. The third-order valence-electron chi connectivity index (χ3n) is 4.22. The maximum atomic E-state index is 12.3. The van der Waals surface area contributed by atoms with Crippen LogP contribution < -0.4 is 0 Å². The predicted molar refractivity (Wildman–Crippen MR) is 83.5 cm³/mol. The highest BCUT2D eigenvalue weighted by Crippen LogP contribution is 2.21. The van der Waals surface area contributed by atoms with Crippen molar-refractivity contribution in [2.75, 3.05) is 13.2 Å². The zero-order valence-corrected chi connectivity index (χ0v) is 13.4. The maximum absolute atomic E-state index is 12.3. The summed E-state index contributed by atoms with van der Waals surface area (Å²) in [7, 11) is 0. The lowest BCUT2D eigenvalue weighted by Crippen LogP contribution is -2.45. The molecule has 1 fully saturated rings. The molecule has 1 aliphatic rings. The van der Waals surface area contributed by atoms with Gasteiger partial charge in [-0.25, -0.2) is 0 Å². The smallest absolute Gasteiger partial charge is 0.248 e. The number of carbonyl (C=O) groups is 1. The highest BCUT2D eigenvalue weighted by molar-refractivity contribution is 5.77. The zero-order chi connectivity index (χ0) is 16.1. The quantitative estimate of drug-likeness (QED) is 0.818. The molecule has 2 aromatic heterocycles. The van der Waals surface area contributed by atoms with Crippen molar-refractivity contribution in [2.45, 2.75) is 45.3 Å². The lowest BCUT2D eigenvalue weighted by Gasteiger charge is -2.35. The Labute approximate surface area is 135 Å². The molecule has 2 aromatic rings. The summed E-state index contributed by atoms with van der Waals surface area (Å²) in [4.78, 5) is 14.3. The minimum Gasteiger partial charge on any atom is -0.461 e. The van der Waals surface area contributed by atoms with Crippen LogP contribution in [-0.2, 0) is 16.1 Å². The lowest BCUT2D eigenvalue weighted by atomic mass is 10.00. The van der Waals surface area contributed by atoms with E-state index < -0.39 is 0 Å². The fraction of sp³-hybridized carbons (Fsp3) is 0.529. The average molecular weight is 318 g/mol. The van der Waals surface area contributed by atoms with Crippen molar-refractivity contribution in [2.24, 2.45) is 0 Å². The zero-order valence-electron chi connectivity index (χ0n) is 13.4. The van der Waals surface area contributed by atoms with Crippen LogP contribution in [0.4, 0.5) is 0 Å². The molecule has 0 saturated carbocycles. The highest BCUT2D eigenvalue weighted by Gasteiger charge is 2.25. The molecule has 0 spiro atoms. The third kappa shape index (κ3) is 3.82. The number of furan rings is 1. The number of carbonyl (C=O) groups excluding carboxylic acids is 1. The van der Waals surface area contributed by atoms with Gasteiger partial charge >= 0.3 is 0 Å². The maximum Gasteiger partial charge on any atom is 0.248 e. The van der Waals surface area contributed by atoms with Crippen LogP contribution in [0.15, 0.2) is 33.4 Å². The van der Waals surface area contributed by atoms with E-state index in [1.807, 2.05) is 4.90 Å². The summed E-state index contributed by atoms with van der Waals surface area (Å²) in [6.07, 6.45) is 5.96. The number of likely N-dealkylation sites (tertiary alicyclic amines) is 1. The van der Waals surface area contributed by atoms with E-state index in [0.29, 0.717) is 23.3 Å². The van der Waals surface area contributed by atoms with Crippen molar-refractivity contribution >= 4 is 5.91 Å². The minimum atomic E-state index is 0.0614. The third-order valence-corrected chi connectivity index (χ3v) is 4.22. The van der Waals surface area contributed by atoms with Crippen LogP contribution in [0.25, 0.3) is 11.5 Å². The van der Waals surface area contributed by atoms with E-state index >= 15 is 0 Å². The second-order valence-corrected chi connectivity index (χ2v) is 5.80. The normalized spacial score (nSPS) is 18.3. The lowest BCUT2D eigenvalue weighted by molar-refractivity contribution is -0.140. The van der Waals surface area contributed by atoms with Crippen LogP contribution in [0.1, 0.15) is 38.3 Å². The molecule has 0 aromatic carbocycles. The molecule has 1 amide bonds. The van der Waals surface area contributed by atoms with Crippen LogP contribution in [0.3, 0.4) is 0 Å². The van der Waals surface area contributed by atoms with Gasteiger partial charge in [-0.1, -0.05) is 12.1 Å². The van der Waals surface area contributed by atoms with Crippen LogP contribution in [0.2, 0.25) is 0 Å². The van der Waals surface area contributed by atoms with E-state index in [4.69, 9.17) is 13.7 Å². The highest BCUT2D eigenvalue weighted by atomic mass is 16.5. The Morgan fingerprint density at radius 1 is 1.43 bits per heavy atom. The summed E-state index contributed by atoms with van der Waals surface area (Å²) in [6.45, 7) is 3.30. The van der Waals surface area contributed by atoms with Gasteiger partial charge in [0.05, 0.1) is 12.9 Å². The Kier molecular flexibility index (Phi) is 5.12. The van der Waals surface area contributed by atoms with Crippen LogP contribution >= 0.6 is 0 Å². The number of hydrogen-bond acceptors (Lipinski definition) is 5. The molecule has 124 valence electrons. The molecule has 23 heavy (non-hydrogen) atoms. The van der Waals surface area contributed by atoms with Crippen LogP contribution in [-0.4, -0.2) is 35.2 Å². The van der Waals surface area contributed by atoms with E-state index in [9.17, 15) is 4.79 Å². The monoisotopic (exact) mass is 318 g/mol. The molecular weight excluding hydrogens is 296 g/mol. The fourth-order valence-corrected chi connectivity index (χ4v) is 2.99. The van der Waals surface area contributed by atoms with Gasteiger partial charge in [0.25, 0.3) is 0 Å². The van der Waals surface area contributed by atoms with Crippen molar-refractivity contribution in [1.29, 1.82) is 0 Å². The molecule has 6 heteroatoms. The van der Waals surface area contributed by atoms with Gasteiger partial charge in [-0.15, -0.1) is 0 Å². The summed E-state index contributed by atoms with van der Waals surface area (Å²) < 4.78 is 16.0. The summed E-state index contributed by atoms with van der Waals surface area (Å²) in [5.74, 6) is 1.24. The molecule has 6 nitrogen and oxygen atoms in total. The Bertz CT molecular complexity index is 620. The molecule has 0 radical (unpaired) electrons. The molecule has 0 aliphatic carbocycles. The average Bonchev–Trinajstić information content (AvgIpc) is 3.26. The van der Waals surface area contributed by atoms with Gasteiger partial charge < -0.3 is 18.6 Å². The number of nitrogens with zero attached hydrogens (tertiary/aromatic N) is 2. The number of rotatable bonds is 6. The molecule has 0 unspecified atom stereocenters. The molecule has 1 atom stereocenters. The van der Waals surface area contributed by atoms with Crippen molar-refractivity contribution in [1.82, 2.24) is 10.1 Å². The molecule has 1 aliphatic heterocycles. The first-order valence-corrected chi connectivity index (χ1v) is 8.14. The first-order valence-electron chi connectivity index (χ1n) is 8.14. The van der Waals surface area contributed by atoms with E-state index in [2.05, 4.69) is 12.1 Å². The Hall–Kier alpha value is -2.08. The minimum absolute atomic E-state index is 0.0614. The second-order valence-electron chi connectivity index (χ2n) is 5.80. The van der Waals surface area contributed by atoms with Crippen molar-refractivity contribution in [3.05, 3.63) is 30.2 Å². The van der Waals surface area contributed by atoms with Crippen molar-refractivity contribution in [3.8, 4) is 11.5 Å². The van der Waals surface area contributed by atoms with Crippen LogP contribution in [0.5, 0.6) is 0 Å². The molecule has 0 bridgehead atoms. The number of amides is 1. The van der Waals surface area contributed by atoms with E-state index in [1.54, 1.807) is 24.5 Å². The molecular formula is C17H22N2O4. The summed E-state index contributed by atoms with van der Waals surface area (Å²) in [5, 5.41) is 3.93.